The van der Waals surface area contributed by atoms with Crippen molar-refractivity contribution in [1.82, 2.24) is 4.90 Å². The van der Waals surface area contributed by atoms with Gasteiger partial charge in [-0.25, -0.2) is 0 Å². The number of rotatable bonds is 0. The summed E-state index contributed by atoms with van der Waals surface area (Å²) >= 11 is 0. The monoisotopic (exact) mass is 125 g/mol. The van der Waals surface area contributed by atoms with Crippen LogP contribution in [0.1, 0.15) is 26.2 Å². The zero-order chi connectivity index (χ0) is 6.27. The normalized spacial score (nSPS) is 49.7. The molecule has 1 nitrogen and oxygen atoms in total. The molecule has 2 heterocycles. The number of piperidine rings is 1. The van der Waals surface area contributed by atoms with Gasteiger partial charge in [0.05, 0.1) is 0 Å². The van der Waals surface area contributed by atoms with E-state index in [1.54, 1.807) is 0 Å². The Morgan fingerprint density at radius 2 is 2.11 bits per heavy atom. The van der Waals surface area contributed by atoms with Gasteiger partial charge in [-0.05, 0) is 45.2 Å². The second-order valence-corrected chi connectivity index (χ2v) is 3.47. The molecule has 0 aromatic heterocycles. The third-order valence-electron chi connectivity index (χ3n) is 3.07. The van der Waals surface area contributed by atoms with Crippen LogP contribution in [-0.2, 0) is 0 Å². The Kier molecular flexibility index (Phi) is 1.26. The Labute approximate surface area is 57.0 Å². The molecule has 2 aliphatic rings. The van der Waals surface area contributed by atoms with Gasteiger partial charge in [0.15, 0.2) is 0 Å². The molecule has 0 amide bonds. The third-order valence-corrected chi connectivity index (χ3v) is 3.07. The van der Waals surface area contributed by atoms with Crippen LogP contribution in [0, 0.1) is 5.92 Å². The summed E-state index contributed by atoms with van der Waals surface area (Å²) in [5.41, 5.74) is 0. The van der Waals surface area contributed by atoms with E-state index >= 15 is 0 Å². The Bertz CT molecular complexity index is 95.1. The highest BCUT2D eigenvalue weighted by molar-refractivity contribution is 4.87. The van der Waals surface area contributed by atoms with Gasteiger partial charge in [0, 0.05) is 6.04 Å². The van der Waals surface area contributed by atoms with Crippen LogP contribution in [0.25, 0.3) is 0 Å². The predicted molar refractivity (Wildman–Crippen MR) is 38.4 cm³/mol. The van der Waals surface area contributed by atoms with Gasteiger partial charge in [-0.15, -0.1) is 0 Å². The Morgan fingerprint density at radius 1 is 1.22 bits per heavy atom. The predicted octanol–water partition coefficient (Wildman–Crippen LogP) is 1.49. The third kappa shape index (κ3) is 0.787. The maximum atomic E-state index is 2.63. The first kappa shape index (κ1) is 5.72. The van der Waals surface area contributed by atoms with Gasteiger partial charge in [-0.1, -0.05) is 0 Å². The zero-order valence-corrected chi connectivity index (χ0v) is 6.14. The van der Waals surface area contributed by atoms with E-state index in [4.69, 9.17) is 0 Å². The van der Waals surface area contributed by atoms with E-state index in [1.165, 1.54) is 32.4 Å². The van der Waals surface area contributed by atoms with E-state index in [9.17, 15) is 0 Å². The highest BCUT2D eigenvalue weighted by Crippen LogP contribution is 2.32. The molecule has 0 spiro atoms. The zero-order valence-electron chi connectivity index (χ0n) is 6.14. The van der Waals surface area contributed by atoms with Crippen molar-refractivity contribution in [2.75, 3.05) is 13.1 Å². The Balaban J connectivity index is 2.10. The van der Waals surface area contributed by atoms with Crippen LogP contribution in [0.5, 0.6) is 0 Å². The van der Waals surface area contributed by atoms with E-state index in [1.807, 2.05) is 0 Å². The molecule has 0 aromatic carbocycles. The molecular formula is C8H15N. The molecule has 2 saturated heterocycles. The minimum Gasteiger partial charge on any atom is -0.300 e. The van der Waals surface area contributed by atoms with Crippen molar-refractivity contribution >= 4 is 0 Å². The van der Waals surface area contributed by atoms with Gasteiger partial charge in [0.2, 0.25) is 0 Å². The van der Waals surface area contributed by atoms with E-state index in [2.05, 4.69) is 11.8 Å². The molecule has 2 rings (SSSR count). The fourth-order valence-electron chi connectivity index (χ4n) is 2.33. The first-order chi connectivity index (χ1) is 4.38. The van der Waals surface area contributed by atoms with Gasteiger partial charge in [-0.2, -0.15) is 0 Å². The van der Waals surface area contributed by atoms with Crippen molar-refractivity contribution in [3.05, 3.63) is 0 Å². The summed E-state index contributed by atoms with van der Waals surface area (Å²) in [6, 6.07) is 0.916. The molecule has 3 atom stereocenters. The molecule has 9 heavy (non-hydrogen) atoms. The summed E-state index contributed by atoms with van der Waals surface area (Å²) in [7, 11) is 0. The standard InChI is InChI=1S/C8H15N/c1-7-8-3-2-5-9(7)6-4-8/h7-8H,2-6H2,1H3. The Morgan fingerprint density at radius 3 is 2.78 bits per heavy atom. The largest absolute Gasteiger partial charge is 0.300 e. The summed E-state index contributed by atoms with van der Waals surface area (Å²) in [5.74, 6) is 1.05. The van der Waals surface area contributed by atoms with Crippen molar-refractivity contribution in [3.63, 3.8) is 0 Å². The topological polar surface area (TPSA) is 3.24 Å². The number of hydrogen-bond donors (Lipinski definition) is 0. The number of hydrogen-bond acceptors (Lipinski definition) is 1. The van der Waals surface area contributed by atoms with Gasteiger partial charge in [-0.3, -0.25) is 0 Å². The SMILES string of the molecule is CC1C2CCCN1CC2. The molecule has 0 aliphatic carbocycles. The van der Waals surface area contributed by atoms with Crippen molar-refractivity contribution < 1.29 is 0 Å². The van der Waals surface area contributed by atoms with Crippen molar-refractivity contribution in [1.29, 1.82) is 0 Å². The second kappa shape index (κ2) is 1.98. The maximum Gasteiger partial charge on any atom is 0.00956 e. The highest BCUT2D eigenvalue weighted by atomic mass is 15.2. The molecule has 2 bridgehead atoms. The molecule has 2 fully saturated rings. The van der Waals surface area contributed by atoms with Crippen molar-refractivity contribution in [2.24, 2.45) is 5.92 Å². The smallest absolute Gasteiger partial charge is 0.00956 e. The minimum atomic E-state index is 0.916. The van der Waals surface area contributed by atoms with Crippen molar-refractivity contribution in [2.45, 2.75) is 32.2 Å². The van der Waals surface area contributed by atoms with Crippen LogP contribution in [0.2, 0.25) is 0 Å². The lowest BCUT2D eigenvalue weighted by atomic mass is 9.94. The summed E-state index contributed by atoms with van der Waals surface area (Å²) in [6.45, 7) is 5.14. The lowest BCUT2D eigenvalue weighted by molar-refractivity contribution is 0.191. The minimum absolute atomic E-state index is 0.916. The van der Waals surface area contributed by atoms with E-state index in [-0.39, 0.29) is 0 Å². The molecule has 0 N–H and O–H groups in total. The molecular weight excluding hydrogens is 110 g/mol. The van der Waals surface area contributed by atoms with Crippen LogP contribution >= 0.6 is 0 Å². The fourth-order valence-corrected chi connectivity index (χ4v) is 2.33. The molecule has 0 radical (unpaired) electrons. The highest BCUT2D eigenvalue weighted by Gasteiger charge is 2.33. The van der Waals surface area contributed by atoms with Gasteiger partial charge < -0.3 is 4.90 Å². The van der Waals surface area contributed by atoms with Crippen LogP contribution in [-0.4, -0.2) is 24.0 Å². The summed E-state index contributed by atoms with van der Waals surface area (Å²) < 4.78 is 0. The summed E-state index contributed by atoms with van der Waals surface area (Å²) in [5, 5.41) is 0. The van der Waals surface area contributed by atoms with Crippen LogP contribution < -0.4 is 0 Å². The molecule has 52 valence electrons. The van der Waals surface area contributed by atoms with Gasteiger partial charge in [0.1, 0.15) is 0 Å². The molecule has 3 unspecified atom stereocenters. The first-order valence-corrected chi connectivity index (χ1v) is 4.12. The molecule has 0 saturated carbocycles. The van der Waals surface area contributed by atoms with E-state index in [0.29, 0.717) is 0 Å². The van der Waals surface area contributed by atoms with E-state index < -0.39 is 0 Å². The summed E-state index contributed by atoms with van der Waals surface area (Å²) in [6.07, 6.45) is 4.42. The number of nitrogens with zero attached hydrogens (tertiary/aromatic N) is 1. The fraction of sp³-hybridized carbons (Fsp3) is 1.00. The van der Waals surface area contributed by atoms with E-state index in [0.717, 1.165) is 12.0 Å². The lowest BCUT2D eigenvalue weighted by Crippen LogP contribution is -2.34. The maximum absolute atomic E-state index is 2.63. The first-order valence-electron chi connectivity index (χ1n) is 4.12. The van der Waals surface area contributed by atoms with Gasteiger partial charge >= 0.3 is 0 Å². The number of fused-ring (bicyclic) bond motifs is 2. The molecule has 0 aromatic rings. The average Bonchev–Trinajstić information content (AvgIpc) is 2.19. The molecule has 1 heteroatoms. The quantitative estimate of drug-likeness (QED) is 0.474. The lowest BCUT2D eigenvalue weighted by Gasteiger charge is -2.29. The van der Waals surface area contributed by atoms with Crippen LogP contribution in [0.4, 0.5) is 0 Å². The Hall–Kier alpha value is -0.0400. The average molecular weight is 125 g/mol. The second-order valence-electron chi connectivity index (χ2n) is 3.47. The van der Waals surface area contributed by atoms with Crippen LogP contribution in [0.3, 0.4) is 0 Å². The summed E-state index contributed by atoms with van der Waals surface area (Å²) in [4.78, 5) is 2.63. The van der Waals surface area contributed by atoms with Crippen LogP contribution in [0.15, 0.2) is 0 Å². The molecule has 2 aliphatic heterocycles. The van der Waals surface area contributed by atoms with Crippen molar-refractivity contribution in [3.8, 4) is 0 Å². The van der Waals surface area contributed by atoms with Gasteiger partial charge in [0.25, 0.3) is 0 Å².